The normalized spacial score (nSPS) is 24.2. The van der Waals surface area contributed by atoms with Crippen LogP contribution in [0.1, 0.15) is 93.8 Å². The summed E-state index contributed by atoms with van der Waals surface area (Å²) in [5, 5.41) is 10.9. The topological polar surface area (TPSA) is 121 Å². The molecule has 2 saturated heterocycles. The van der Waals surface area contributed by atoms with Crippen molar-refractivity contribution in [2.45, 2.75) is 107 Å². The molecule has 6 rings (SSSR count). The summed E-state index contributed by atoms with van der Waals surface area (Å²) >= 11 is 0. The zero-order valence-electron chi connectivity index (χ0n) is 24.1. The number of nitrogen functional groups attached to an aromatic ring is 1. The zero-order valence-corrected chi connectivity index (χ0v) is 24.1. The van der Waals surface area contributed by atoms with Crippen molar-refractivity contribution in [3.8, 4) is 0 Å². The van der Waals surface area contributed by atoms with Crippen LogP contribution in [-0.4, -0.2) is 68.9 Å². The Labute approximate surface area is 241 Å². The fourth-order valence-electron chi connectivity index (χ4n) is 7.56. The van der Waals surface area contributed by atoms with Gasteiger partial charge in [0, 0.05) is 38.3 Å². The van der Waals surface area contributed by atoms with Gasteiger partial charge < -0.3 is 26.2 Å². The fraction of sp³-hybridized carbons (Fsp3) is 0.667. The second kappa shape index (κ2) is 11.1. The molecule has 0 radical (unpaired) electrons. The van der Waals surface area contributed by atoms with Gasteiger partial charge in [-0.3, -0.25) is 14.6 Å². The Balaban J connectivity index is 1.21. The summed E-state index contributed by atoms with van der Waals surface area (Å²) in [5.41, 5.74) is 7.25. The molecule has 0 bridgehead atoms. The second-order valence-corrected chi connectivity index (χ2v) is 12.5. The van der Waals surface area contributed by atoms with Crippen LogP contribution < -0.4 is 21.3 Å². The van der Waals surface area contributed by atoms with Gasteiger partial charge in [0.1, 0.15) is 17.6 Å². The zero-order chi connectivity index (χ0) is 28.6. The van der Waals surface area contributed by atoms with Gasteiger partial charge in [0.2, 0.25) is 5.91 Å². The standard InChI is InChI=1S/C30H43FN8O2/c1-37-24(40)9-13-29(37)14-17-38(18-15-29)22-10-16-33-19-21(22)34-28(41)25-26(32)36-39-20-23(31)30(35-27(25)39)11-7-5-3-2-4-6-8-12-30/h10,16,19,23,35H,2-9,11-15,17-18,20H2,1H3,(H2,32,36)(H,34,41). The number of hydrogen-bond acceptors (Lipinski definition) is 7. The van der Waals surface area contributed by atoms with Crippen molar-refractivity contribution in [2.75, 3.05) is 41.4 Å². The lowest BCUT2D eigenvalue weighted by Gasteiger charge is -2.44. The summed E-state index contributed by atoms with van der Waals surface area (Å²) in [7, 11) is 1.92. The molecule has 5 heterocycles. The number of alkyl halides is 1. The lowest BCUT2D eigenvalue weighted by atomic mass is 9.80. The molecule has 3 aliphatic heterocycles. The van der Waals surface area contributed by atoms with Gasteiger partial charge in [-0.25, -0.2) is 9.07 Å². The summed E-state index contributed by atoms with van der Waals surface area (Å²) in [5.74, 6) is 0.434. The first-order valence-corrected chi connectivity index (χ1v) is 15.4. The largest absolute Gasteiger partial charge is 0.381 e. The van der Waals surface area contributed by atoms with E-state index < -0.39 is 11.7 Å². The fourth-order valence-corrected chi connectivity index (χ4v) is 7.56. The first-order chi connectivity index (χ1) is 19.8. The SMILES string of the molecule is CN1C(=O)CCC12CCN(c1ccncc1NC(=O)c1c(N)nn3c1NC1(CCCCCCCCC1)C(F)C3)CC2. The molecule has 2 aromatic rings. The third-order valence-electron chi connectivity index (χ3n) is 10.2. The molecule has 10 nitrogen and oxygen atoms in total. The van der Waals surface area contributed by atoms with E-state index in [1.54, 1.807) is 12.4 Å². The molecule has 2 aromatic heterocycles. The van der Waals surface area contributed by atoms with Crippen LogP contribution in [0, 0.1) is 0 Å². The number of fused-ring (bicyclic) bond motifs is 1. The Morgan fingerprint density at radius 2 is 1.76 bits per heavy atom. The molecule has 0 aromatic carbocycles. The Morgan fingerprint density at radius 1 is 1.07 bits per heavy atom. The first kappa shape index (κ1) is 27.8. The molecule has 4 aliphatic rings. The monoisotopic (exact) mass is 566 g/mol. The van der Waals surface area contributed by atoms with Gasteiger partial charge in [0.15, 0.2) is 5.82 Å². The number of rotatable bonds is 3. The molecule has 1 saturated carbocycles. The van der Waals surface area contributed by atoms with E-state index in [1.807, 2.05) is 18.0 Å². The van der Waals surface area contributed by atoms with Crippen LogP contribution in [0.2, 0.25) is 0 Å². The van der Waals surface area contributed by atoms with Crippen molar-refractivity contribution in [3.05, 3.63) is 24.0 Å². The number of likely N-dealkylation sites (tertiary alicyclic amines) is 1. The van der Waals surface area contributed by atoms with Crippen LogP contribution in [0.15, 0.2) is 18.5 Å². The smallest absolute Gasteiger partial charge is 0.263 e. The van der Waals surface area contributed by atoms with E-state index in [4.69, 9.17) is 5.73 Å². The van der Waals surface area contributed by atoms with Crippen LogP contribution in [0.25, 0.3) is 0 Å². The number of amides is 2. The van der Waals surface area contributed by atoms with Gasteiger partial charge in [-0.2, -0.15) is 5.10 Å². The summed E-state index contributed by atoms with van der Waals surface area (Å²) in [6.07, 6.45) is 14.7. The van der Waals surface area contributed by atoms with Crippen molar-refractivity contribution < 1.29 is 14.0 Å². The minimum absolute atomic E-state index is 0.0687. The summed E-state index contributed by atoms with van der Waals surface area (Å²) in [4.78, 5) is 34.5. The Hall–Kier alpha value is -3.37. The first-order valence-electron chi connectivity index (χ1n) is 15.4. The molecule has 1 unspecified atom stereocenters. The van der Waals surface area contributed by atoms with Gasteiger partial charge >= 0.3 is 0 Å². The number of nitrogens with two attached hydrogens (primary N) is 1. The Morgan fingerprint density at radius 3 is 2.41 bits per heavy atom. The third-order valence-corrected chi connectivity index (χ3v) is 10.2. The predicted molar refractivity (Wildman–Crippen MR) is 158 cm³/mol. The van der Waals surface area contributed by atoms with Gasteiger partial charge in [-0.1, -0.05) is 44.9 Å². The van der Waals surface area contributed by atoms with E-state index in [1.165, 1.54) is 23.9 Å². The van der Waals surface area contributed by atoms with E-state index >= 15 is 4.39 Å². The molecule has 4 N–H and O–H groups in total. The highest BCUT2D eigenvalue weighted by Crippen LogP contribution is 2.42. The number of hydrogen-bond donors (Lipinski definition) is 3. The van der Waals surface area contributed by atoms with Gasteiger partial charge in [0.25, 0.3) is 5.91 Å². The predicted octanol–water partition coefficient (Wildman–Crippen LogP) is 4.73. The van der Waals surface area contributed by atoms with Crippen molar-refractivity contribution >= 4 is 34.8 Å². The maximum atomic E-state index is 15.8. The molecule has 1 atom stereocenters. The quantitative estimate of drug-likeness (QED) is 0.491. The van der Waals surface area contributed by atoms with Crippen LogP contribution in [0.5, 0.6) is 0 Å². The van der Waals surface area contributed by atoms with Gasteiger partial charge in [0.05, 0.1) is 29.7 Å². The van der Waals surface area contributed by atoms with Crippen LogP contribution in [0.4, 0.5) is 27.4 Å². The van der Waals surface area contributed by atoms with Crippen molar-refractivity contribution in [1.82, 2.24) is 19.7 Å². The summed E-state index contributed by atoms with van der Waals surface area (Å²) in [6, 6.07) is 1.91. The van der Waals surface area contributed by atoms with Gasteiger partial charge in [-0.05, 0) is 38.2 Å². The lowest BCUT2D eigenvalue weighted by Crippen LogP contribution is -2.53. The van der Waals surface area contributed by atoms with Crippen LogP contribution >= 0.6 is 0 Å². The van der Waals surface area contributed by atoms with Crippen molar-refractivity contribution in [2.24, 2.45) is 0 Å². The average molecular weight is 567 g/mol. The Bertz CT molecular complexity index is 1280. The minimum atomic E-state index is -1.11. The molecule has 3 fully saturated rings. The summed E-state index contributed by atoms with van der Waals surface area (Å²) < 4.78 is 17.3. The number of carbonyl (C=O) groups excluding carboxylic acids is 2. The highest BCUT2D eigenvalue weighted by molar-refractivity contribution is 6.12. The maximum Gasteiger partial charge on any atom is 0.263 e. The molecule has 1 aliphatic carbocycles. The van der Waals surface area contributed by atoms with E-state index in [-0.39, 0.29) is 35.3 Å². The highest BCUT2D eigenvalue weighted by atomic mass is 19.1. The number of carbonyl (C=O) groups is 2. The number of halogens is 1. The molecule has 11 heteroatoms. The number of aromatic nitrogens is 3. The molecular weight excluding hydrogens is 523 g/mol. The maximum absolute atomic E-state index is 15.8. The lowest BCUT2D eigenvalue weighted by molar-refractivity contribution is -0.130. The van der Waals surface area contributed by atoms with Crippen LogP contribution in [-0.2, 0) is 11.3 Å². The van der Waals surface area contributed by atoms with E-state index in [9.17, 15) is 9.59 Å². The van der Waals surface area contributed by atoms with E-state index in [0.717, 1.165) is 76.6 Å². The number of piperidine rings is 1. The second-order valence-electron chi connectivity index (χ2n) is 12.5. The number of nitrogens with zero attached hydrogens (tertiary/aromatic N) is 5. The third kappa shape index (κ3) is 5.12. The van der Waals surface area contributed by atoms with E-state index in [0.29, 0.717) is 17.9 Å². The molecule has 2 amide bonds. The van der Waals surface area contributed by atoms with Gasteiger partial charge in [-0.15, -0.1) is 0 Å². The Kier molecular flexibility index (Phi) is 7.54. The number of pyridine rings is 1. The number of nitrogens with one attached hydrogen (secondary N) is 2. The molecular formula is C30H43FN8O2. The van der Waals surface area contributed by atoms with Crippen LogP contribution in [0.3, 0.4) is 0 Å². The summed E-state index contributed by atoms with van der Waals surface area (Å²) in [6.45, 7) is 1.64. The minimum Gasteiger partial charge on any atom is -0.381 e. The molecule has 2 spiro atoms. The molecule has 41 heavy (non-hydrogen) atoms. The van der Waals surface area contributed by atoms with E-state index in [2.05, 4.69) is 25.6 Å². The highest BCUT2D eigenvalue weighted by Gasteiger charge is 2.46. The average Bonchev–Trinajstić information content (AvgIpc) is 3.43. The molecule has 222 valence electrons. The van der Waals surface area contributed by atoms with Crippen molar-refractivity contribution in [1.29, 1.82) is 0 Å². The number of anilines is 4. The van der Waals surface area contributed by atoms with Crippen molar-refractivity contribution in [3.63, 3.8) is 0 Å².